The molecule has 4 rings (SSSR count). The van der Waals surface area contributed by atoms with Crippen LogP contribution in [-0.2, 0) is 19.1 Å². The van der Waals surface area contributed by atoms with Crippen LogP contribution in [-0.4, -0.2) is 47.9 Å². The van der Waals surface area contributed by atoms with Crippen LogP contribution in [0.5, 0.6) is 5.75 Å². The van der Waals surface area contributed by atoms with Crippen LogP contribution in [0.2, 0.25) is 0 Å². The van der Waals surface area contributed by atoms with Crippen LogP contribution in [0.4, 0.5) is 5.69 Å². The number of nitro benzene ring substituents is 1. The van der Waals surface area contributed by atoms with E-state index in [9.17, 15) is 19.7 Å². The lowest BCUT2D eigenvalue weighted by atomic mass is 9.75. The molecule has 208 valence electrons. The van der Waals surface area contributed by atoms with Crippen molar-refractivity contribution in [2.75, 3.05) is 20.3 Å². The summed E-state index contributed by atoms with van der Waals surface area (Å²) in [6.07, 6.45) is 0. The minimum absolute atomic E-state index is 0.149. The van der Waals surface area contributed by atoms with Gasteiger partial charge in [0.2, 0.25) is 0 Å². The molecule has 2 aromatic carbocycles. The number of allylic oxidation sites excluding steroid dienone is 1. The van der Waals surface area contributed by atoms with Gasteiger partial charge in [0, 0.05) is 39.9 Å². The maximum Gasteiger partial charge on any atom is 0.336 e. The molecule has 0 N–H and O–H groups in total. The molecular weight excluding hydrogens is 534 g/mol. The zero-order chi connectivity index (χ0) is 29.0. The molecule has 2 unspecified atom stereocenters. The third-order valence-electron chi connectivity index (χ3n) is 6.53. The minimum atomic E-state index is -0.801. The third-order valence-corrected chi connectivity index (χ3v) is 7.42. The summed E-state index contributed by atoms with van der Waals surface area (Å²) in [5, 5.41) is 14.0. The zero-order valence-electron chi connectivity index (χ0n) is 22.8. The Morgan fingerprint density at radius 2 is 1.80 bits per heavy atom. The molecule has 2 atom stereocenters. The first kappa shape index (κ1) is 28.6. The lowest BCUT2D eigenvalue weighted by Gasteiger charge is -2.31. The summed E-state index contributed by atoms with van der Waals surface area (Å²) in [5.74, 6) is -2.30. The Bertz CT molecular complexity index is 1530. The molecule has 0 bridgehead atoms. The first-order valence-corrected chi connectivity index (χ1v) is 13.6. The van der Waals surface area contributed by atoms with E-state index < -0.39 is 28.7 Å². The molecule has 0 radical (unpaired) electrons. The highest BCUT2D eigenvalue weighted by molar-refractivity contribution is 7.13. The van der Waals surface area contributed by atoms with E-state index in [1.165, 1.54) is 24.5 Å². The Hall–Kier alpha value is -4.38. The molecule has 40 heavy (non-hydrogen) atoms. The molecule has 1 aliphatic heterocycles. The summed E-state index contributed by atoms with van der Waals surface area (Å²) < 4.78 is 15.8. The predicted molar refractivity (Wildman–Crippen MR) is 151 cm³/mol. The van der Waals surface area contributed by atoms with Gasteiger partial charge in [-0.1, -0.05) is 18.2 Å². The summed E-state index contributed by atoms with van der Waals surface area (Å²) >= 11 is 1.38. The summed E-state index contributed by atoms with van der Waals surface area (Å²) in [7, 11) is 1.38. The molecule has 0 saturated carbocycles. The quantitative estimate of drug-likeness (QED) is 0.177. The second kappa shape index (κ2) is 12.2. The van der Waals surface area contributed by atoms with E-state index in [0.717, 1.165) is 5.56 Å². The maximum absolute atomic E-state index is 13.1. The van der Waals surface area contributed by atoms with E-state index in [1.54, 1.807) is 39.8 Å². The molecule has 1 aromatic heterocycles. The highest BCUT2D eigenvalue weighted by atomic mass is 32.1. The van der Waals surface area contributed by atoms with Crippen LogP contribution in [0.1, 0.15) is 39.2 Å². The molecule has 0 amide bonds. The number of carbonyl (C=O) groups excluding carboxylic acids is 2. The normalized spacial score (nSPS) is 16.8. The van der Waals surface area contributed by atoms with Crippen LogP contribution in [0.25, 0.3) is 21.8 Å². The largest absolute Gasteiger partial charge is 0.490 e. The van der Waals surface area contributed by atoms with Crippen molar-refractivity contribution in [3.63, 3.8) is 0 Å². The van der Waals surface area contributed by atoms with E-state index in [-0.39, 0.29) is 24.7 Å². The van der Waals surface area contributed by atoms with E-state index in [0.29, 0.717) is 38.8 Å². The maximum atomic E-state index is 13.1. The van der Waals surface area contributed by atoms with Crippen molar-refractivity contribution in [2.45, 2.75) is 33.6 Å². The van der Waals surface area contributed by atoms with Crippen LogP contribution in [0.15, 0.2) is 64.1 Å². The molecule has 0 aliphatic carbocycles. The molecule has 1 aliphatic rings. The number of thiazole rings is 1. The number of nitro groups is 1. The molecule has 2 heterocycles. The standard InChI is InChI=1S/C29H29N3O7S/c1-6-38-28(33)24-16(3)30-17(4)25(29(34)39-7-2)26(24)19-9-8-10-20(13-19)27-31-21(15-40-27)18-11-12-23(37-5)22(14-18)32(35)36/h8-15,24,26H,6-7H2,1-5H3. The molecular formula is C29H29N3O7S. The number of aromatic nitrogens is 1. The van der Waals surface area contributed by atoms with Gasteiger partial charge >= 0.3 is 17.6 Å². The Morgan fingerprint density at radius 1 is 1.05 bits per heavy atom. The van der Waals surface area contributed by atoms with Gasteiger partial charge in [0.25, 0.3) is 0 Å². The average Bonchev–Trinajstić information content (AvgIpc) is 3.43. The Morgan fingerprint density at radius 3 is 2.48 bits per heavy atom. The second-order valence-corrected chi connectivity index (χ2v) is 9.85. The second-order valence-electron chi connectivity index (χ2n) is 8.99. The third kappa shape index (κ3) is 5.64. The topological polar surface area (TPSA) is 130 Å². The molecule has 0 spiro atoms. The zero-order valence-corrected chi connectivity index (χ0v) is 23.6. The number of aliphatic imine (C=N–C) groups is 1. The van der Waals surface area contributed by atoms with Crippen molar-refractivity contribution in [3.8, 4) is 27.6 Å². The Labute approximate surface area is 235 Å². The number of benzene rings is 2. The van der Waals surface area contributed by atoms with E-state index >= 15 is 0 Å². The highest BCUT2D eigenvalue weighted by Gasteiger charge is 2.42. The highest BCUT2D eigenvalue weighted by Crippen LogP contribution is 2.42. The monoisotopic (exact) mass is 563 g/mol. The summed E-state index contributed by atoms with van der Waals surface area (Å²) in [5.41, 5.74) is 3.84. The number of methoxy groups -OCH3 is 1. The number of esters is 2. The van der Waals surface area contributed by atoms with Crippen molar-refractivity contribution in [2.24, 2.45) is 10.9 Å². The summed E-state index contributed by atoms with van der Waals surface area (Å²) in [4.78, 5) is 46.4. The predicted octanol–water partition coefficient (Wildman–Crippen LogP) is 5.97. The number of hydrogen-bond acceptors (Lipinski definition) is 10. The van der Waals surface area contributed by atoms with Gasteiger partial charge in [-0.25, -0.2) is 9.78 Å². The number of ether oxygens (including phenoxy) is 3. The van der Waals surface area contributed by atoms with Crippen LogP contribution >= 0.6 is 11.3 Å². The van der Waals surface area contributed by atoms with Crippen LogP contribution < -0.4 is 4.74 Å². The first-order valence-electron chi connectivity index (χ1n) is 12.7. The average molecular weight is 564 g/mol. The van der Waals surface area contributed by atoms with Crippen molar-refractivity contribution in [3.05, 3.63) is 74.8 Å². The van der Waals surface area contributed by atoms with Gasteiger partial charge < -0.3 is 14.2 Å². The van der Waals surface area contributed by atoms with Gasteiger partial charge in [-0.15, -0.1) is 11.3 Å². The van der Waals surface area contributed by atoms with Crippen LogP contribution in [0, 0.1) is 16.0 Å². The lowest BCUT2D eigenvalue weighted by molar-refractivity contribution is -0.385. The van der Waals surface area contributed by atoms with Gasteiger partial charge in [0.1, 0.15) is 10.9 Å². The first-order chi connectivity index (χ1) is 19.2. The fraction of sp³-hybridized carbons (Fsp3) is 0.310. The summed E-state index contributed by atoms with van der Waals surface area (Å²) in [6, 6.07) is 12.2. The van der Waals surface area contributed by atoms with E-state index in [1.807, 2.05) is 29.6 Å². The molecule has 11 heteroatoms. The van der Waals surface area contributed by atoms with Gasteiger partial charge in [-0.2, -0.15) is 0 Å². The van der Waals surface area contributed by atoms with Gasteiger partial charge in [0.15, 0.2) is 5.75 Å². The molecule has 3 aromatic rings. The minimum Gasteiger partial charge on any atom is -0.490 e. The number of carbonyl (C=O) groups is 2. The van der Waals surface area contributed by atoms with Gasteiger partial charge in [0.05, 0.1) is 36.5 Å². The van der Waals surface area contributed by atoms with E-state index in [4.69, 9.17) is 19.2 Å². The number of hydrogen-bond donors (Lipinski definition) is 0. The number of rotatable bonds is 9. The summed E-state index contributed by atoms with van der Waals surface area (Å²) in [6.45, 7) is 7.31. The van der Waals surface area contributed by atoms with Gasteiger partial charge in [-0.3, -0.25) is 19.9 Å². The Kier molecular flexibility index (Phi) is 8.73. The molecule has 0 fully saturated rings. The lowest BCUT2D eigenvalue weighted by Crippen LogP contribution is -2.36. The molecule has 0 saturated heterocycles. The molecule has 10 nitrogen and oxygen atoms in total. The number of nitrogens with zero attached hydrogens (tertiary/aromatic N) is 3. The fourth-order valence-electron chi connectivity index (χ4n) is 4.80. The van der Waals surface area contributed by atoms with Crippen molar-refractivity contribution in [1.29, 1.82) is 0 Å². The van der Waals surface area contributed by atoms with Crippen molar-refractivity contribution >= 4 is 34.7 Å². The fourth-order valence-corrected chi connectivity index (χ4v) is 5.63. The van der Waals surface area contributed by atoms with Crippen molar-refractivity contribution < 1.29 is 28.7 Å². The SMILES string of the molecule is CCOC(=O)C1=C(C)N=C(C)C(C(=O)OCC)C1c1cccc(-c2nc(-c3ccc(OC)c([N+](=O)[O-])c3)cs2)c1. The Balaban J connectivity index is 1.77. The van der Waals surface area contributed by atoms with Gasteiger partial charge in [-0.05, 0) is 51.5 Å². The van der Waals surface area contributed by atoms with Crippen molar-refractivity contribution in [1.82, 2.24) is 4.98 Å². The van der Waals surface area contributed by atoms with E-state index in [2.05, 4.69) is 4.99 Å². The van der Waals surface area contributed by atoms with Crippen LogP contribution in [0.3, 0.4) is 0 Å². The smallest absolute Gasteiger partial charge is 0.336 e.